The van der Waals surface area contributed by atoms with Crippen molar-refractivity contribution in [3.05, 3.63) is 150 Å². The summed E-state index contributed by atoms with van der Waals surface area (Å²) in [6.45, 7) is 4.28. The lowest BCUT2D eigenvalue weighted by atomic mass is 9.87. The number of allylic oxidation sites excluding steroid dienone is 4. The van der Waals surface area contributed by atoms with Gasteiger partial charge >= 0.3 is 11.9 Å². The maximum Gasteiger partial charge on any atom is 0.301 e. The van der Waals surface area contributed by atoms with Gasteiger partial charge in [-0.15, -0.1) is 0 Å². The smallest absolute Gasteiger partial charge is 0.301 e. The second-order valence-corrected chi connectivity index (χ2v) is 12.0. The molecule has 0 spiro atoms. The third kappa shape index (κ3) is 5.06. The third-order valence-corrected chi connectivity index (χ3v) is 8.86. The van der Waals surface area contributed by atoms with Crippen LogP contribution in [-0.2, 0) is 0 Å². The maximum atomic E-state index is 5.22. The Kier molecular flexibility index (Phi) is 6.70. The lowest BCUT2D eigenvalue weighted by Crippen LogP contribution is -2.38. The Morgan fingerprint density at radius 3 is 2.20 bits per heavy atom. The molecule has 2 aliphatic heterocycles. The summed E-state index contributed by atoms with van der Waals surface area (Å²) in [6, 6.07) is 36.7. The van der Waals surface area contributed by atoms with Crippen molar-refractivity contribution in [3.8, 4) is 11.1 Å². The quantitative estimate of drug-likeness (QED) is 0.165. The molecule has 0 bridgehead atoms. The molecule has 5 aromatic rings. The van der Waals surface area contributed by atoms with Crippen LogP contribution >= 0.6 is 0 Å². The van der Waals surface area contributed by atoms with Crippen molar-refractivity contribution in [2.24, 2.45) is 15.9 Å². The van der Waals surface area contributed by atoms with Gasteiger partial charge in [0.25, 0.3) is 0 Å². The van der Waals surface area contributed by atoms with E-state index in [0.29, 0.717) is 5.92 Å². The standard InChI is InChI=1S/C41H33N4/c1-26-16-18-29(19-17-26)40-43-39(28-10-4-3-5-11-28)44-41(45-40)31-20-21-34(32-22-27(2)42-25-32)37(24-31)38-23-30-12-6-7-13-33(30)35-14-8-9-15-36(35)38/h3-16,18-26,40H,17H2,1-2H3,(H,43,44,45)/q+1. The van der Waals surface area contributed by atoms with Gasteiger partial charge in [0.05, 0.1) is 5.57 Å². The summed E-state index contributed by atoms with van der Waals surface area (Å²) in [7, 11) is 0. The van der Waals surface area contributed by atoms with Gasteiger partial charge in [0, 0.05) is 24.1 Å². The molecule has 0 radical (unpaired) electrons. The second-order valence-electron chi connectivity index (χ2n) is 12.0. The van der Waals surface area contributed by atoms with Gasteiger partial charge < -0.3 is 5.32 Å². The first-order valence-electron chi connectivity index (χ1n) is 15.6. The highest BCUT2D eigenvalue weighted by Gasteiger charge is 2.25. The number of fused-ring (bicyclic) bond motifs is 3. The molecule has 1 N–H and O–H groups in total. The molecule has 2 heterocycles. The number of aliphatic imine (C=N–C) groups is 2. The zero-order chi connectivity index (χ0) is 30.3. The second kappa shape index (κ2) is 11.2. The predicted octanol–water partition coefficient (Wildman–Crippen LogP) is 8.30. The molecular formula is C41H33N4+. The number of hydrogen-bond donors (Lipinski definition) is 1. The monoisotopic (exact) mass is 581 g/mol. The molecular weight excluding hydrogens is 548 g/mol. The molecule has 1 aliphatic carbocycles. The van der Waals surface area contributed by atoms with E-state index in [1.807, 2.05) is 19.2 Å². The molecule has 2 unspecified atom stereocenters. The van der Waals surface area contributed by atoms with Crippen molar-refractivity contribution < 1.29 is 0 Å². The van der Waals surface area contributed by atoms with E-state index in [0.717, 1.165) is 57.2 Å². The average molecular weight is 582 g/mol. The first-order chi connectivity index (χ1) is 22.1. The number of benzene rings is 5. The van der Waals surface area contributed by atoms with Gasteiger partial charge in [0.1, 0.15) is 11.7 Å². The van der Waals surface area contributed by atoms with Crippen molar-refractivity contribution in [2.75, 3.05) is 0 Å². The van der Waals surface area contributed by atoms with Crippen LogP contribution in [0.3, 0.4) is 0 Å². The molecule has 3 aliphatic rings. The highest BCUT2D eigenvalue weighted by atomic mass is 15.2. The zero-order valence-corrected chi connectivity index (χ0v) is 25.4. The van der Waals surface area contributed by atoms with Gasteiger partial charge in [-0.25, -0.2) is 9.98 Å². The fourth-order valence-corrected chi connectivity index (χ4v) is 6.49. The molecule has 216 valence electrons. The summed E-state index contributed by atoms with van der Waals surface area (Å²) >= 11 is 0. The van der Waals surface area contributed by atoms with E-state index in [4.69, 9.17) is 9.98 Å². The molecule has 0 aromatic heterocycles. The van der Waals surface area contributed by atoms with Crippen LogP contribution in [0.4, 0.5) is 0 Å². The predicted molar refractivity (Wildman–Crippen MR) is 191 cm³/mol. The minimum atomic E-state index is -0.313. The van der Waals surface area contributed by atoms with Crippen molar-refractivity contribution in [1.82, 2.24) is 9.98 Å². The van der Waals surface area contributed by atoms with Crippen LogP contribution in [0.1, 0.15) is 37.0 Å². The molecule has 45 heavy (non-hydrogen) atoms. The van der Waals surface area contributed by atoms with E-state index in [1.54, 1.807) is 0 Å². The van der Waals surface area contributed by atoms with Crippen LogP contribution in [0.25, 0.3) is 38.2 Å². The van der Waals surface area contributed by atoms with Crippen LogP contribution in [0, 0.1) is 5.92 Å². The maximum absolute atomic E-state index is 5.22. The third-order valence-electron chi connectivity index (χ3n) is 8.86. The molecule has 0 fully saturated rings. The first kappa shape index (κ1) is 27.0. The fraction of sp³-hybridized carbons (Fsp3) is 0.122. The highest BCUT2D eigenvalue weighted by Crippen LogP contribution is 2.39. The topological polar surface area (TPSA) is 50.9 Å². The normalized spacial score (nSPS) is 19.1. The number of nitrogens with one attached hydrogen (secondary N) is 1. The van der Waals surface area contributed by atoms with E-state index in [9.17, 15) is 0 Å². The Bertz CT molecular complexity index is 2220. The zero-order valence-electron chi connectivity index (χ0n) is 25.4. The van der Waals surface area contributed by atoms with Crippen LogP contribution in [0.5, 0.6) is 0 Å². The summed E-state index contributed by atoms with van der Waals surface area (Å²) in [5.74, 6) is 2.17. The van der Waals surface area contributed by atoms with Crippen molar-refractivity contribution in [1.29, 1.82) is 0 Å². The van der Waals surface area contributed by atoms with Gasteiger partial charge in [-0.1, -0.05) is 121 Å². The molecule has 5 aromatic carbocycles. The molecule has 0 amide bonds. The number of nitrogens with zero attached hydrogens (tertiary/aromatic N) is 3. The van der Waals surface area contributed by atoms with E-state index in [1.165, 1.54) is 27.1 Å². The van der Waals surface area contributed by atoms with Crippen molar-refractivity contribution in [3.63, 3.8) is 0 Å². The number of hydrogen-bond acceptors (Lipinski definition) is 3. The Morgan fingerprint density at radius 1 is 0.711 bits per heavy atom. The number of rotatable bonds is 5. The van der Waals surface area contributed by atoms with Crippen LogP contribution in [-0.4, -0.2) is 29.8 Å². The summed E-state index contributed by atoms with van der Waals surface area (Å²) in [5.41, 5.74) is 8.81. The van der Waals surface area contributed by atoms with Gasteiger partial charge in [-0.05, 0) is 68.3 Å². The minimum absolute atomic E-state index is 0.313. The Hall–Kier alpha value is -5.57. The number of amidine groups is 2. The largest absolute Gasteiger partial charge is 0.324 e. The molecule has 2 atom stereocenters. The SMILES string of the molecule is CC1=[N+]=CC(c2ccc(C3=NC(C4=CCC(C)C=C4)N=C(c4ccccc4)N3)cc2-c2cc3ccccc3c3ccccc23)=C1. The summed E-state index contributed by atoms with van der Waals surface area (Å²) < 4.78 is 4.60. The lowest BCUT2D eigenvalue weighted by molar-refractivity contribution is 0.709. The molecule has 0 saturated heterocycles. The minimum Gasteiger partial charge on any atom is -0.324 e. The van der Waals surface area contributed by atoms with E-state index < -0.39 is 0 Å². The Labute approximate surface area is 263 Å². The Morgan fingerprint density at radius 2 is 1.44 bits per heavy atom. The molecule has 0 saturated carbocycles. The highest BCUT2D eigenvalue weighted by molar-refractivity contribution is 6.25. The van der Waals surface area contributed by atoms with Gasteiger partial charge in [-0.2, -0.15) is 0 Å². The molecule has 4 heteroatoms. The van der Waals surface area contributed by atoms with E-state index in [2.05, 4.69) is 138 Å². The summed E-state index contributed by atoms with van der Waals surface area (Å²) in [5, 5.41) is 8.55. The fourth-order valence-electron chi connectivity index (χ4n) is 6.49. The van der Waals surface area contributed by atoms with E-state index >= 15 is 0 Å². The average Bonchev–Trinajstić information content (AvgIpc) is 3.54. The Balaban J connectivity index is 1.32. The van der Waals surface area contributed by atoms with Crippen LogP contribution in [0.2, 0.25) is 0 Å². The molecule has 8 rings (SSSR count). The van der Waals surface area contributed by atoms with Gasteiger partial charge in [0.2, 0.25) is 0 Å². The first-order valence-corrected chi connectivity index (χ1v) is 15.6. The van der Waals surface area contributed by atoms with E-state index in [-0.39, 0.29) is 6.17 Å². The molecule has 4 nitrogen and oxygen atoms in total. The van der Waals surface area contributed by atoms with Gasteiger partial charge in [-0.3, -0.25) is 0 Å². The van der Waals surface area contributed by atoms with Crippen molar-refractivity contribution in [2.45, 2.75) is 26.4 Å². The summed E-state index contributed by atoms with van der Waals surface area (Å²) in [6.07, 6.45) is 11.6. The van der Waals surface area contributed by atoms with Crippen LogP contribution < -0.4 is 9.98 Å². The lowest BCUT2D eigenvalue weighted by Gasteiger charge is -2.25. The van der Waals surface area contributed by atoms with Crippen LogP contribution in [0.15, 0.2) is 143 Å². The van der Waals surface area contributed by atoms with Crippen molar-refractivity contribution >= 4 is 50.7 Å². The summed E-state index contributed by atoms with van der Waals surface area (Å²) in [4.78, 5) is 10.3. The van der Waals surface area contributed by atoms with Gasteiger partial charge in [0.15, 0.2) is 6.17 Å².